The van der Waals surface area contributed by atoms with Crippen molar-refractivity contribution in [3.63, 3.8) is 0 Å². The van der Waals surface area contributed by atoms with Crippen molar-refractivity contribution in [1.29, 1.82) is 0 Å². The average Bonchev–Trinajstić information content (AvgIpc) is 3.04. The lowest BCUT2D eigenvalue weighted by Crippen LogP contribution is -2.51. The van der Waals surface area contributed by atoms with Gasteiger partial charge in [0.25, 0.3) is 0 Å². The minimum absolute atomic E-state index is 0.235. The summed E-state index contributed by atoms with van der Waals surface area (Å²) < 4.78 is 0. The Labute approximate surface area is 185 Å². The number of hydrogen-bond acceptors (Lipinski definition) is 1. The lowest BCUT2D eigenvalue weighted by atomic mass is 9.46. The number of aliphatic carboxylic acids is 1. The van der Waals surface area contributed by atoms with E-state index < -0.39 is 5.97 Å². The molecule has 2 nitrogen and oxygen atoms in total. The van der Waals surface area contributed by atoms with Crippen LogP contribution in [0.1, 0.15) is 105 Å². The van der Waals surface area contributed by atoms with Gasteiger partial charge in [0.1, 0.15) is 0 Å². The second kappa shape index (κ2) is 8.28. The summed E-state index contributed by atoms with van der Waals surface area (Å²) in [6.07, 6.45) is 16.5. The molecule has 0 aromatic carbocycles. The van der Waals surface area contributed by atoms with Crippen LogP contribution >= 0.6 is 0 Å². The molecule has 0 bridgehead atoms. The van der Waals surface area contributed by atoms with Gasteiger partial charge in [-0.25, -0.2) is 0 Å². The van der Waals surface area contributed by atoms with Gasteiger partial charge in [-0.3, -0.25) is 4.79 Å². The Bertz CT molecular complexity index is 678. The molecule has 1 unspecified atom stereocenters. The molecule has 0 heterocycles. The molecule has 3 fully saturated rings. The minimum atomic E-state index is -0.618. The molecule has 0 aromatic heterocycles. The molecular weight excluding hydrogens is 368 g/mol. The normalized spacial score (nSPS) is 44.1. The minimum Gasteiger partial charge on any atom is -0.481 e. The van der Waals surface area contributed by atoms with Crippen molar-refractivity contribution < 1.29 is 9.90 Å². The molecule has 170 valence electrons. The van der Waals surface area contributed by atoms with Gasteiger partial charge in [0, 0.05) is 0 Å². The maximum Gasteiger partial charge on any atom is 0.310 e. The van der Waals surface area contributed by atoms with E-state index in [0.717, 1.165) is 54.8 Å². The summed E-state index contributed by atoms with van der Waals surface area (Å²) >= 11 is 0. The summed E-state index contributed by atoms with van der Waals surface area (Å²) in [5.41, 5.74) is 2.33. The Morgan fingerprint density at radius 2 is 1.80 bits per heavy atom. The summed E-state index contributed by atoms with van der Waals surface area (Å²) in [5, 5.41) is 9.53. The standard InChI is InChI=1S/C28H46O2/c1-18(2)7-6-8-19(3)23-11-12-24-22-10-9-21-17-20(26(29)30)13-15-27(21,4)25(22)14-16-28(23,24)5/h17-20,22-25H,6-16H2,1-5H3,(H,29,30)/t19-,20?,22+,23-,24+,25+,27+,28-/m1/s1. The molecule has 8 atom stereocenters. The SMILES string of the molecule is CC(C)CCC[C@@H](C)[C@H]1CC[C@H]2[C@@H]3CCC4=CC(C(=O)O)CC[C@]4(C)[C@H]3CC[C@]12C. The van der Waals surface area contributed by atoms with Gasteiger partial charge in [0.2, 0.25) is 0 Å². The number of hydrogen-bond donors (Lipinski definition) is 1. The summed E-state index contributed by atoms with van der Waals surface area (Å²) in [6.45, 7) is 12.4. The van der Waals surface area contributed by atoms with Gasteiger partial charge in [-0.2, -0.15) is 0 Å². The van der Waals surface area contributed by atoms with Crippen molar-refractivity contribution in [1.82, 2.24) is 0 Å². The van der Waals surface area contributed by atoms with Gasteiger partial charge in [0.05, 0.1) is 5.92 Å². The smallest absolute Gasteiger partial charge is 0.310 e. The fraction of sp³-hybridized carbons (Fsp3) is 0.893. The summed E-state index contributed by atoms with van der Waals surface area (Å²) in [5.74, 6) is 4.35. The van der Waals surface area contributed by atoms with Gasteiger partial charge < -0.3 is 5.11 Å². The van der Waals surface area contributed by atoms with Crippen molar-refractivity contribution in [2.75, 3.05) is 0 Å². The van der Waals surface area contributed by atoms with E-state index in [-0.39, 0.29) is 11.3 Å². The van der Waals surface area contributed by atoms with E-state index in [1.54, 1.807) is 0 Å². The van der Waals surface area contributed by atoms with E-state index in [0.29, 0.717) is 5.41 Å². The maximum absolute atomic E-state index is 11.6. The van der Waals surface area contributed by atoms with E-state index in [1.165, 1.54) is 56.9 Å². The van der Waals surface area contributed by atoms with Gasteiger partial charge >= 0.3 is 5.97 Å². The van der Waals surface area contributed by atoms with Gasteiger partial charge in [-0.15, -0.1) is 0 Å². The van der Waals surface area contributed by atoms with Crippen molar-refractivity contribution in [2.24, 2.45) is 52.3 Å². The Kier molecular flexibility index (Phi) is 6.19. The predicted octanol–water partition coefficient (Wildman–Crippen LogP) is 7.73. The van der Waals surface area contributed by atoms with Crippen LogP contribution in [0.2, 0.25) is 0 Å². The van der Waals surface area contributed by atoms with E-state index in [1.807, 2.05) is 0 Å². The molecule has 3 saturated carbocycles. The van der Waals surface area contributed by atoms with E-state index in [2.05, 4.69) is 40.7 Å². The Morgan fingerprint density at radius 3 is 2.50 bits per heavy atom. The van der Waals surface area contributed by atoms with E-state index in [4.69, 9.17) is 0 Å². The highest BCUT2D eigenvalue weighted by Gasteiger charge is 2.59. The second-order valence-corrected chi connectivity index (χ2v) is 12.5. The molecule has 4 aliphatic rings. The topological polar surface area (TPSA) is 37.3 Å². The zero-order chi connectivity index (χ0) is 21.7. The first kappa shape index (κ1) is 22.4. The quantitative estimate of drug-likeness (QED) is 0.451. The Hall–Kier alpha value is -0.790. The lowest BCUT2D eigenvalue weighted by Gasteiger charge is -2.59. The van der Waals surface area contributed by atoms with Crippen molar-refractivity contribution in [2.45, 2.75) is 105 Å². The number of carbonyl (C=O) groups is 1. The van der Waals surface area contributed by atoms with Crippen LogP contribution in [0.15, 0.2) is 11.6 Å². The van der Waals surface area contributed by atoms with Gasteiger partial charge in [-0.1, -0.05) is 65.5 Å². The summed E-state index contributed by atoms with van der Waals surface area (Å²) in [4.78, 5) is 11.6. The fourth-order valence-electron chi connectivity index (χ4n) is 8.95. The van der Waals surface area contributed by atoms with Crippen LogP contribution in [-0.4, -0.2) is 11.1 Å². The highest BCUT2D eigenvalue weighted by Crippen LogP contribution is 2.68. The van der Waals surface area contributed by atoms with Crippen LogP contribution < -0.4 is 0 Å². The number of rotatable bonds is 6. The third-order valence-corrected chi connectivity index (χ3v) is 10.6. The highest BCUT2D eigenvalue weighted by molar-refractivity contribution is 5.72. The molecular formula is C28H46O2. The first-order chi connectivity index (χ1) is 14.2. The molecule has 0 amide bonds. The molecule has 0 radical (unpaired) electrons. The van der Waals surface area contributed by atoms with E-state index in [9.17, 15) is 9.90 Å². The zero-order valence-corrected chi connectivity index (χ0v) is 20.3. The largest absolute Gasteiger partial charge is 0.481 e. The summed E-state index contributed by atoms with van der Waals surface area (Å²) in [6, 6.07) is 0. The monoisotopic (exact) mass is 414 g/mol. The van der Waals surface area contributed by atoms with Crippen LogP contribution in [0.4, 0.5) is 0 Å². The van der Waals surface area contributed by atoms with Crippen LogP contribution in [0.5, 0.6) is 0 Å². The maximum atomic E-state index is 11.6. The molecule has 2 heteroatoms. The number of carboxylic acids is 1. The van der Waals surface area contributed by atoms with Crippen molar-refractivity contribution in [3.05, 3.63) is 11.6 Å². The molecule has 4 rings (SSSR count). The molecule has 0 aliphatic heterocycles. The van der Waals surface area contributed by atoms with Gasteiger partial charge in [0.15, 0.2) is 0 Å². The van der Waals surface area contributed by atoms with Crippen LogP contribution in [0.3, 0.4) is 0 Å². The first-order valence-electron chi connectivity index (χ1n) is 13.1. The number of allylic oxidation sites excluding steroid dienone is 1. The molecule has 30 heavy (non-hydrogen) atoms. The third kappa shape index (κ3) is 3.69. The summed E-state index contributed by atoms with van der Waals surface area (Å²) in [7, 11) is 0. The van der Waals surface area contributed by atoms with Crippen molar-refractivity contribution >= 4 is 5.97 Å². The Balaban J connectivity index is 1.49. The third-order valence-electron chi connectivity index (χ3n) is 10.6. The zero-order valence-electron chi connectivity index (χ0n) is 20.3. The average molecular weight is 415 g/mol. The van der Waals surface area contributed by atoms with Crippen molar-refractivity contribution in [3.8, 4) is 0 Å². The molecule has 0 saturated heterocycles. The molecule has 1 N–H and O–H groups in total. The van der Waals surface area contributed by atoms with Crippen LogP contribution in [-0.2, 0) is 4.79 Å². The number of carboxylic acid groups (broad SMARTS) is 1. The van der Waals surface area contributed by atoms with E-state index >= 15 is 0 Å². The van der Waals surface area contributed by atoms with Crippen LogP contribution in [0, 0.1) is 52.3 Å². The fourth-order valence-corrected chi connectivity index (χ4v) is 8.95. The molecule has 0 aromatic rings. The first-order valence-corrected chi connectivity index (χ1v) is 13.1. The lowest BCUT2D eigenvalue weighted by molar-refractivity contribution is -0.141. The molecule has 0 spiro atoms. The van der Waals surface area contributed by atoms with Crippen LogP contribution in [0.25, 0.3) is 0 Å². The van der Waals surface area contributed by atoms with Gasteiger partial charge in [-0.05, 0) is 97.7 Å². The number of fused-ring (bicyclic) bond motifs is 5. The predicted molar refractivity (Wildman–Crippen MR) is 124 cm³/mol. The molecule has 4 aliphatic carbocycles. The highest BCUT2D eigenvalue weighted by atomic mass is 16.4. The second-order valence-electron chi connectivity index (χ2n) is 12.5. The Morgan fingerprint density at radius 1 is 1.03 bits per heavy atom.